The number of hydrogen-bond acceptors (Lipinski definition) is 5. The molecule has 1 aromatic carbocycles. The average molecular weight is 395 g/mol. The second kappa shape index (κ2) is 10.3. The molecule has 1 N–H and O–H groups in total. The number of imidazole rings is 1. The monoisotopic (exact) mass is 394 g/mol. The molecule has 0 saturated heterocycles. The second-order valence-corrected chi connectivity index (χ2v) is 6.66. The molecule has 0 spiro atoms. The lowest BCUT2D eigenvalue weighted by Crippen LogP contribution is -2.27. The summed E-state index contributed by atoms with van der Waals surface area (Å²) in [5, 5.41) is 9.65. The van der Waals surface area contributed by atoms with Crippen LogP contribution < -0.4 is 4.74 Å². The van der Waals surface area contributed by atoms with Crippen molar-refractivity contribution in [1.82, 2.24) is 9.07 Å². The highest BCUT2D eigenvalue weighted by Gasteiger charge is 2.19. The third-order valence-electron chi connectivity index (χ3n) is 4.37. The molecule has 0 saturated carbocycles. The fourth-order valence-electron chi connectivity index (χ4n) is 2.79. The fourth-order valence-corrected chi connectivity index (χ4v) is 3.06. The summed E-state index contributed by atoms with van der Waals surface area (Å²) in [6.45, 7) is 3.82. The molecule has 7 heteroatoms. The van der Waals surface area contributed by atoms with E-state index >= 15 is 0 Å². The predicted octanol–water partition coefficient (Wildman–Crippen LogP) is 3.64. The van der Waals surface area contributed by atoms with E-state index in [9.17, 15) is 9.90 Å². The largest absolute Gasteiger partial charge is 0.479 e. The Labute approximate surface area is 165 Å². The number of hydrogen-bond donors (Lipinski definition) is 1. The summed E-state index contributed by atoms with van der Waals surface area (Å²) in [4.78, 5) is 16.3. The molecule has 1 heterocycles. The lowest BCUT2D eigenvalue weighted by Gasteiger charge is -2.15. The Bertz CT molecular complexity index is 743. The van der Waals surface area contributed by atoms with Gasteiger partial charge in [0.05, 0.1) is 25.1 Å². The van der Waals surface area contributed by atoms with Gasteiger partial charge in [-0.2, -0.15) is 0 Å². The van der Waals surface area contributed by atoms with Gasteiger partial charge in [-0.3, -0.25) is 0 Å². The first kappa shape index (κ1) is 21.3. The maximum absolute atomic E-state index is 11.6. The number of halogens is 1. The number of carbonyl (C=O) groups excluding carboxylic acids is 1. The number of aliphatic hydroxyl groups is 1. The zero-order valence-electron chi connectivity index (χ0n) is 16.1. The van der Waals surface area contributed by atoms with Crippen LogP contribution in [0.3, 0.4) is 0 Å². The van der Waals surface area contributed by atoms with Crippen LogP contribution in [0, 0.1) is 0 Å². The van der Waals surface area contributed by atoms with E-state index in [1.165, 1.54) is 11.2 Å². The second-order valence-electron chi connectivity index (χ2n) is 6.32. The van der Waals surface area contributed by atoms with Crippen molar-refractivity contribution >= 4 is 17.7 Å². The van der Waals surface area contributed by atoms with E-state index in [2.05, 4.69) is 11.9 Å². The first-order valence-electron chi connectivity index (χ1n) is 9.23. The van der Waals surface area contributed by atoms with Crippen molar-refractivity contribution in [2.75, 3.05) is 7.11 Å². The fraction of sp³-hybridized carbons (Fsp3) is 0.500. The van der Waals surface area contributed by atoms with Gasteiger partial charge in [0, 0.05) is 24.6 Å². The van der Waals surface area contributed by atoms with E-state index in [1.807, 2.05) is 31.2 Å². The van der Waals surface area contributed by atoms with E-state index in [1.54, 1.807) is 0 Å². The van der Waals surface area contributed by atoms with Gasteiger partial charge in [-0.15, -0.1) is 0 Å². The number of ether oxygens (including phenoxy) is 2. The molecule has 0 radical (unpaired) electrons. The summed E-state index contributed by atoms with van der Waals surface area (Å²) < 4.78 is 11.9. The first-order chi connectivity index (χ1) is 13.0. The van der Waals surface area contributed by atoms with Crippen molar-refractivity contribution in [3.8, 4) is 5.75 Å². The van der Waals surface area contributed by atoms with Crippen LogP contribution in [0.15, 0.2) is 24.3 Å². The molecule has 0 fully saturated rings. The van der Waals surface area contributed by atoms with Crippen molar-refractivity contribution < 1.29 is 19.4 Å². The molecular formula is C20H27ClN2O4. The van der Waals surface area contributed by atoms with Gasteiger partial charge in [0.2, 0.25) is 0 Å². The smallest absolute Gasteiger partial charge is 0.347 e. The van der Waals surface area contributed by atoms with Crippen LogP contribution in [0.4, 0.5) is 0 Å². The summed E-state index contributed by atoms with van der Waals surface area (Å²) in [6, 6.07) is 7.46. The molecule has 0 bridgehead atoms. The van der Waals surface area contributed by atoms with Gasteiger partial charge in [0.1, 0.15) is 11.6 Å². The maximum atomic E-state index is 11.6. The highest BCUT2D eigenvalue weighted by Crippen LogP contribution is 2.21. The first-order valence-corrected chi connectivity index (χ1v) is 9.57. The van der Waals surface area contributed by atoms with E-state index < -0.39 is 6.10 Å². The van der Waals surface area contributed by atoms with Crippen molar-refractivity contribution in [1.29, 1.82) is 0 Å². The summed E-state index contributed by atoms with van der Waals surface area (Å²) in [7, 11) is 1.35. The Morgan fingerprint density at radius 1 is 1.30 bits per heavy atom. The van der Waals surface area contributed by atoms with E-state index in [-0.39, 0.29) is 12.6 Å². The number of methoxy groups -OCH3 is 1. The molecule has 0 aliphatic carbocycles. The summed E-state index contributed by atoms with van der Waals surface area (Å²) in [5.74, 6) is 0.993. The van der Waals surface area contributed by atoms with Gasteiger partial charge >= 0.3 is 5.97 Å². The molecule has 148 valence electrons. The number of aromatic nitrogens is 2. The lowest BCUT2D eigenvalue weighted by atomic mass is 10.1. The van der Waals surface area contributed by atoms with E-state index in [0.29, 0.717) is 24.3 Å². The highest BCUT2D eigenvalue weighted by atomic mass is 35.5. The van der Waals surface area contributed by atoms with Gasteiger partial charge < -0.3 is 14.6 Å². The summed E-state index contributed by atoms with van der Waals surface area (Å²) in [5.41, 5.74) is 2.41. The van der Waals surface area contributed by atoms with Crippen molar-refractivity contribution in [3.63, 3.8) is 0 Å². The van der Waals surface area contributed by atoms with Gasteiger partial charge in [0.25, 0.3) is 0 Å². The van der Waals surface area contributed by atoms with Gasteiger partial charge in [-0.05, 0) is 30.5 Å². The molecule has 27 heavy (non-hydrogen) atoms. The van der Waals surface area contributed by atoms with Crippen molar-refractivity contribution in [2.24, 2.45) is 0 Å². The number of carbonyl (C=O) groups is 1. The third-order valence-corrected chi connectivity index (χ3v) is 4.77. The van der Waals surface area contributed by atoms with Crippen molar-refractivity contribution in [3.05, 3.63) is 47.0 Å². The third kappa shape index (κ3) is 5.47. The number of aliphatic hydroxyl groups excluding tert-OH is 1. The minimum absolute atomic E-state index is 0.156. The SMILES string of the molecule is CCCCc1nc(Cc2ccc(OC(CC)C(=O)OC)cc2)c(CO)n1Cl. The molecule has 2 rings (SSSR count). The predicted molar refractivity (Wildman–Crippen MR) is 104 cm³/mol. The van der Waals surface area contributed by atoms with Crippen LogP contribution >= 0.6 is 11.8 Å². The minimum Gasteiger partial charge on any atom is -0.479 e. The standard InChI is InChI=1S/C20H27ClN2O4/c1-4-6-7-19-22-16(17(13-24)23(19)21)12-14-8-10-15(11-9-14)27-18(5-2)20(25)26-3/h8-11,18,24H,4-7,12-13H2,1-3H3. The Balaban J connectivity index is 2.11. The normalized spacial score (nSPS) is 12.0. The van der Waals surface area contributed by atoms with Crippen LogP contribution in [0.2, 0.25) is 0 Å². The number of unbranched alkanes of at least 4 members (excludes halogenated alkanes) is 1. The highest BCUT2D eigenvalue weighted by molar-refractivity contribution is 6.16. The van der Waals surface area contributed by atoms with Crippen LogP contribution in [-0.4, -0.2) is 33.4 Å². The van der Waals surface area contributed by atoms with Crippen LogP contribution in [0.25, 0.3) is 0 Å². The molecule has 1 aromatic heterocycles. The van der Waals surface area contributed by atoms with Gasteiger partial charge in [-0.25, -0.2) is 13.9 Å². The molecule has 0 aliphatic heterocycles. The Kier molecular flexibility index (Phi) is 8.13. The number of esters is 1. The molecule has 1 atom stereocenters. The van der Waals surface area contributed by atoms with E-state index in [4.69, 9.17) is 21.3 Å². The zero-order chi connectivity index (χ0) is 19.8. The Hall–Kier alpha value is -2.05. The van der Waals surface area contributed by atoms with Gasteiger partial charge in [-0.1, -0.05) is 32.4 Å². The number of nitrogens with zero attached hydrogens (tertiary/aromatic N) is 2. The van der Waals surface area contributed by atoms with Crippen LogP contribution in [0.5, 0.6) is 5.75 Å². The number of rotatable bonds is 10. The number of aryl methyl sites for hydroxylation is 1. The zero-order valence-corrected chi connectivity index (χ0v) is 16.8. The topological polar surface area (TPSA) is 73.6 Å². The average Bonchev–Trinajstić information content (AvgIpc) is 2.99. The quantitative estimate of drug-likeness (QED) is 0.623. The van der Waals surface area contributed by atoms with E-state index in [0.717, 1.165) is 36.3 Å². The minimum atomic E-state index is -0.616. The molecular weight excluding hydrogens is 368 g/mol. The maximum Gasteiger partial charge on any atom is 0.347 e. The molecule has 1 unspecified atom stereocenters. The molecule has 0 aliphatic rings. The Morgan fingerprint density at radius 2 is 2.00 bits per heavy atom. The van der Waals surface area contributed by atoms with Crippen LogP contribution in [0.1, 0.15) is 55.9 Å². The molecule has 6 nitrogen and oxygen atoms in total. The molecule has 2 aromatic rings. The molecule has 0 amide bonds. The number of benzene rings is 1. The summed E-state index contributed by atoms with van der Waals surface area (Å²) in [6.07, 6.45) is 3.31. The van der Waals surface area contributed by atoms with Crippen molar-refractivity contribution in [2.45, 2.75) is 58.7 Å². The summed E-state index contributed by atoms with van der Waals surface area (Å²) >= 11 is 6.30. The Morgan fingerprint density at radius 3 is 2.56 bits per heavy atom. The van der Waals surface area contributed by atoms with Crippen LogP contribution in [-0.2, 0) is 29.0 Å². The lowest BCUT2D eigenvalue weighted by molar-refractivity contribution is -0.148. The van der Waals surface area contributed by atoms with Gasteiger partial charge in [0.15, 0.2) is 6.10 Å².